The number of nitrogens with one attached hydrogen (secondary N) is 1. The van der Waals surface area contributed by atoms with Crippen molar-refractivity contribution in [3.63, 3.8) is 0 Å². The molecule has 0 bridgehead atoms. The summed E-state index contributed by atoms with van der Waals surface area (Å²) in [5.41, 5.74) is -0.0985. The second-order valence-electron chi connectivity index (χ2n) is 4.61. The van der Waals surface area contributed by atoms with Crippen molar-refractivity contribution in [3.05, 3.63) is 69.8 Å². The molecule has 0 saturated heterocycles. The van der Waals surface area contributed by atoms with E-state index in [1.54, 1.807) is 12.3 Å². The number of aromatic amines is 1. The molecule has 21 heavy (non-hydrogen) atoms. The van der Waals surface area contributed by atoms with E-state index in [4.69, 9.17) is 4.42 Å². The van der Waals surface area contributed by atoms with Gasteiger partial charge in [-0.3, -0.25) is 9.78 Å². The summed E-state index contributed by atoms with van der Waals surface area (Å²) in [5.74, 6) is 0. The fraction of sp³-hybridized carbons (Fsp3) is 0. The summed E-state index contributed by atoms with van der Waals surface area (Å²) in [5, 5.41) is 1.62. The highest BCUT2D eigenvalue weighted by molar-refractivity contribution is 5.89. The molecule has 0 atom stereocenters. The van der Waals surface area contributed by atoms with Gasteiger partial charge >= 0.3 is 11.2 Å². The smallest absolute Gasteiger partial charge is 0.333 e. The Bertz CT molecular complexity index is 1080. The Morgan fingerprint density at radius 1 is 1.10 bits per heavy atom. The standard InChI is InChI=1S/C15H9N3O3/c19-14-13-11(5-6-21-13)17-15(20)18(14)12-8-16-7-9-3-1-2-4-10(9)12/h1-8H,(H,17,20). The average molecular weight is 279 g/mol. The summed E-state index contributed by atoms with van der Waals surface area (Å²) in [4.78, 5) is 31.4. The van der Waals surface area contributed by atoms with Gasteiger partial charge in [0.15, 0.2) is 0 Å². The van der Waals surface area contributed by atoms with E-state index >= 15 is 0 Å². The van der Waals surface area contributed by atoms with Crippen LogP contribution in [0.25, 0.3) is 27.6 Å². The largest absolute Gasteiger partial charge is 0.457 e. The van der Waals surface area contributed by atoms with E-state index in [2.05, 4.69) is 9.97 Å². The Morgan fingerprint density at radius 3 is 2.86 bits per heavy atom. The molecule has 0 fully saturated rings. The minimum Gasteiger partial charge on any atom is -0.457 e. The molecule has 6 nitrogen and oxygen atoms in total. The van der Waals surface area contributed by atoms with E-state index in [-0.39, 0.29) is 5.58 Å². The Hall–Kier alpha value is -3.15. The molecule has 1 aromatic carbocycles. The predicted octanol–water partition coefficient (Wildman–Crippen LogP) is 1.82. The normalized spacial score (nSPS) is 11.2. The maximum atomic E-state index is 12.5. The van der Waals surface area contributed by atoms with Crippen LogP contribution in [0.3, 0.4) is 0 Å². The topological polar surface area (TPSA) is 80.9 Å². The molecular formula is C15H9N3O3. The van der Waals surface area contributed by atoms with Gasteiger partial charge in [-0.05, 0) is 0 Å². The molecule has 3 aromatic heterocycles. The van der Waals surface area contributed by atoms with Gasteiger partial charge in [-0.2, -0.15) is 0 Å². The quantitative estimate of drug-likeness (QED) is 0.576. The van der Waals surface area contributed by atoms with Crippen molar-refractivity contribution in [1.29, 1.82) is 0 Å². The summed E-state index contributed by atoms with van der Waals surface area (Å²) in [6.45, 7) is 0. The molecule has 0 saturated carbocycles. The third-order valence-corrected chi connectivity index (χ3v) is 3.40. The number of fused-ring (bicyclic) bond motifs is 2. The number of pyridine rings is 1. The highest BCUT2D eigenvalue weighted by atomic mass is 16.3. The molecule has 0 unspecified atom stereocenters. The Morgan fingerprint density at radius 2 is 1.95 bits per heavy atom. The SMILES string of the molecule is O=c1[nH]c2ccoc2c(=O)n1-c1cncc2ccccc12. The molecule has 4 aromatic rings. The van der Waals surface area contributed by atoms with E-state index < -0.39 is 11.2 Å². The van der Waals surface area contributed by atoms with Crippen molar-refractivity contribution >= 4 is 21.9 Å². The van der Waals surface area contributed by atoms with Gasteiger partial charge in [0, 0.05) is 23.0 Å². The zero-order chi connectivity index (χ0) is 14.4. The van der Waals surface area contributed by atoms with Gasteiger partial charge in [0.05, 0.1) is 23.7 Å². The van der Waals surface area contributed by atoms with Gasteiger partial charge in [0.1, 0.15) is 0 Å². The number of nitrogens with zero attached hydrogens (tertiary/aromatic N) is 2. The molecular weight excluding hydrogens is 270 g/mol. The van der Waals surface area contributed by atoms with E-state index in [1.165, 1.54) is 12.5 Å². The second-order valence-corrected chi connectivity index (χ2v) is 4.61. The summed E-state index contributed by atoms with van der Waals surface area (Å²) >= 11 is 0. The van der Waals surface area contributed by atoms with Crippen LogP contribution < -0.4 is 11.2 Å². The van der Waals surface area contributed by atoms with Gasteiger partial charge < -0.3 is 9.40 Å². The molecule has 102 valence electrons. The minimum absolute atomic E-state index is 0.113. The lowest BCUT2D eigenvalue weighted by Gasteiger charge is -2.07. The Kier molecular flexibility index (Phi) is 2.32. The van der Waals surface area contributed by atoms with Crippen molar-refractivity contribution in [2.24, 2.45) is 0 Å². The molecule has 0 aliphatic rings. The molecule has 3 heterocycles. The van der Waals surface area contributed by atoms with Crippen LogP contribution in [-0.2, 0) is 0 Å². The lowest BCUT2D eigenvalue weighted by Crippen LogP contribution is -2.33. The molecule has 0 amide bonds. The maximum absolute atomic E-state index is 12.5. The number of hydrogen-bond acceptors (Lipinski definition) is 4. The maximum Gasteiger partial charge on any atom is 0.333 e. The van der Waals surface area contributed by atoms with Crippen LogP contribution in [0.2, 0.25) is 0 Å². The van der Waals surface area contributed by atoms with Gasteiger partial charge in [0.2, 0.25) is 5.58 Å². The average Bonchev–Trinajstić information content (AvgIpc) is 2.96. The lowest BCUT2D eigenvalue weighted by molar-refractivity contribution is 0.606. The van der Waals surface area contributed by atoms with Gasteiger partial charge in [-0.15, -0.1) is 0 Å². The monoisotopic (exact) mass is 279 g/mol. The zero-order valence-electron chi connectivity index (χ0n) is 10.7. The number of benzene rings is 1. The molecule has 6 heteroatoms. The van der Waals surface area contributed by atoms with Crippen LogP contribution in [0.4, 0.5) is 0 Å². The first-order valence-electron chi connectivity index (χ1n) is 6.31. The first-order chi connectivity index (χ1) is 10.3. The van der Waals surface area contributed by atoms with Gasteiger partial charge in [-0.25, -0.2) is 9.36 Å². The van der Waals surface area contributed by atoms with E-state index in [9.17, 15) is 9.59 Å². The van der Waals surface area contributed by atoms with E-state index in [0.717, 1.165) is 15.3 Å². The van der Waals surface area contributed by atoms with Crippen LogP contribution in [0, 0.1) is 0 Å². The van der Waals surface area contributed by atoms with Crippen molar-refractivity contribution < 1.29 is 4.42 Å². The molecule has 0 radical (unpaired) electrons. The molecule has 1 N–H and O–H groups in total. The fourth-order valence-electron chi connectivity index (χ4n) is 2.44. The van der Waals surface area contributed by atoms with Crippen LogP contribution in [0.15, 0.2) is 63.0 Å². The molecule has 4 rings (SSSR count). The van der Waals surface area contributed by atoms with Crippen LogP contribution >= 0.6 is 0 Å². The first-order valence-corrected chi connectivity index (χ1v) is 6.31. The number of hydrogen-bond donors (Lipinski definition) is 1. The predicted molar refractivity (Wildman–Crippen MR) is 77.7 cm³/mol. The van der Waals surface area contributed by atoms with Gasteiger partial charge in [-0.1, -0.05) is 24.3 Å². The highest BCUT2D eigenvalue weighted by Crippen LogP contribution is 2.19. The molecule has 0 spiro atoms. The second kappa shape index (κ2) is 4.17. The highest BCUT2D eigenvalue weighted by Gasteiger charge is 2.14. The summed E-state index contributed by atoms with van der Waals surface area (Å²) in [6.07, 6.45) is 4.55. The molecule has 0 aliphatic heterocycles. The van der Waals surface area contributed by atoms with Crippen molar-refractivity contribution in [1.82, 2.24) is 14.5 Å². The number of H-pyrrole nitrogens is 1. The summed E-state index contributed by atoms with van der Waals surface area (Å²) in [6, 6.07) is 8.97. The number of furan rings is 1. The third-order valence-electron chi connectivity index (χ3n) is 3.40. The minimum atomic E-state index is -0.521. The van der Waals surface area contributed by atoms with Crippen molar-refractivity contribution in [3.8, 4) is 5.69 Å². The molecule has 0 aliphatic carbocycles. The Balaban J connectivity index is 2.19. The third kappa shape index (κ3) is 1.62. The first kappa shape index (κ1) is 11.7. The van der Waals surface area contributed by atoms with Crippen LogP contribution in [0.1, 0.15) is 0 Å². The number of aromatic nitrogens is 3. The summed E-state index contributed by atoms with van der Waals surface area (Å²) in [7, 11) is 0. The van der Waals surface area contributed by atoms with Crippen LogP contribution in [0.5, 0.6) is 0 Å². The van der Waals surface area contributed by atoms with E-state index in [0.29, 0.717) is 11.2 Å². The lowest BCUT2D eigenvalue weighted by atomic mass is 10.1. The van der Waals surface area contributed by atoms with Crippen LogP contribution in [-0.4, -0.2) is 14.5 Å². The fourth-order valence-corrected chi connectivity index (χ4v) is 2.44. The van der Waals surface area contributed by atoms with Crippen molar-refractivity contribution in [2.75, 3.05) is 0 Å². The van der Waals surface area contributed by atoms with Crippen molar-refractivity contribution in [2.45, 2.75) is 0 Å². The van der Waals surface area contributed by atoms with E-state index in [1.807, 2.05) is 24.3 Å². The Labute approximate surface area is 117 Å². The van der Waals surface area contributed by atoms with Gasteiger partial charge in [0.25, 0.3) is 0 Å². The summed E-state index contributed by atoms with van der Waals surface area (Å²) < 4.78 is 6.20. The number of rotatable bonds is 1. The zero-order valence-corrected chi connectivity index (χ0v) is 10.7.